The highest BCUT2D eigenvalue weighted by atomic mass is 16.4. The average molecular weight is 439 g/mol. The minimum absolute atomic E-state index is 0.101. The molecule has 0 aliphatic carbocycles. The van der Waals surface area contributed by atoms with Crippen molar-refractivity contribution in [1.82, 2.24) is 10.6 Å². The van der Waals surface area contributed by atoms with E-state index in [1.807, 2.05) is 0 Å². The molecule has 31 heavy (non-hydrogen) atoms. The van der Waals surface area contributed by atoms with Gasteiger partial charge in [-0.1, -0.05) is 76.9 Å². The standard InChI is InChI=1S/C25H46N2O4/c1-3-4-5-6-7-8-9-10-11-12-13-14-15-16-17-18-21-26-24(29)20-19-23(25(30)31)27-22(2)28/h10-11,23H,3-9,12-21H2,1-2H3,(H,26,29)(H,27,28)(H,30,31)/b11-10-. The summed E-state index contributed by atoms with van der Waals surface area (Å²) < 4.78 is 0. The molecule has 0 aliphatic rings. The van der Waals surface area contributed by atoms with Crippen LogP contribution in [-0.2, 0) is 14.4 Å². The van der Waals surface area contributed by atoms with Crippen LogP contribution in [0.5, 0.6) is 0 Å². The molecule has 0 aromatic heterocycles. The van der Waals surface area contributed by atoms with Gasteiger partial charge in [0, 0.05) is 19.9 Å². The summed E-state index contributed by atoms with van der Waals surface area (Å²) in [6, 6.07) is -1.01. The zero-order valence-electron chi connectivity index (χ0n) is 19.9. The summed E-state index contributed by atoms with van der Waals surface area (Å²) in [6.07, 6.45) is 22.4. The Labute approximate surface area is 189 Å². The average Bonchev–Trinajstić information content (AvgIpc) is 2.72. The van der Waals surface area contributed by atoms with Crippen molar-refractivity contribution in [2.24, 2.45) is 0 Å². The van der Waals surface area contributed by atoms with E-state index in [-0.39, 0.29) is 18.7 Å². The predicted molar refractivity (Wildman–Crippen MR) is 127 cm³/mol. The van der Waals surface area contributed by atoms with Crippen molar-refractivity contribution >= 4 is 17.8 Å². The molecule has 0 aliphatic heterocycles. The number of hydrogen-bond acceptors (Lipinski definition) is 3. The summed E-state index contributed by atoms with van der Waals surface area (Å²) in [5.41, 5.74) is 0. The summed E-state index contributed by atoms with van der Waals surface area (Å²) in [7, 11) is 0. The Hall–Kier alpha value is -1.85. The van der Waals surface area contributed by atoms with E-state index in [9.17, 15) is 14.4 Å². The second-order valence-corrected chi connectivity index (χ2v) is 8.42. The highest BCUT2D eigenvalue weighted by molar-refractivity contribution is 5.83. The molecular weight excluding hydrogens is 392 g/mol. The summed E-state index contributed by atoms with van der Waals surface area (Å²) in [5, 5.41) is 14.2. The van der Waals surface area contributed by atoms with Crippen LogP contribution in [0.1, 0.15) is 117 Å². The van der Waals surface area contributed by atoms with Crippen LogP contribution in [0.15, 0.2) is 12.2 Å². The number of hydrogen-bond donors (Lipinski definition) is 3. The molecule has 1 unspecified atom stereocenters. The number of unbranched alkanes of at least 4 members (excludes halogenated alkanes) is 12. The Morgan fingerprint density at radius 1 is 0.806 bits per heavy atom. The molecule has 0 heterocycles. The molecule has 0 saturated carbocycles. The maximum atomic E-state index is 11.8. The van der Waals surface area contributed by atoms with Crippen molar-refractivity contribution in [1.29, 1.82) is 0 Å². The fourth-order valence-electron chi connectivity index (χ4n) is 3.47. The zero-order chi connectivity index (χ0) is 23.2. The van der Waals surface area contributed by atoms with Gasteiger partial charge >= 0.3 is 5.97 Å². The first-order chi connectivity index (χ1) is 15.0. The molecule has 0 radical (unpaired) electrons. The molecule has 0 rings (SSSR count). The Balaban J connectivity index is 3.43. The van der Waals surface area contributed by atoms with Gasteiger partial charge in [0.1, 0.15) is 6.04 Å². The van der Waals surface area contributed by atoms with E-state index in [1.54, 1.807) is 0 Å². The Morgan fingerprint density at radius 2 is 1.32 bits per heavy atom. The van der Waals surface area contributed by atoms with Crippen molar-refractivity contribution in [2.45, 2.75) is 123 Å². The number of nitrogens with one attached hydrogen (secondary N) is 2. The van der Waals surface area contributed by atoms with Gasteiger partial charge in [-0.3, -0.25) is 9.59 Å². The highest BCUT2D eigenvalue weighted by Gasteiger charge is 2.19. The van der Waals surface area contributed by atoms with Crippen LogP contribution < -0.4 is 10.6 Å². The molecule has 180 valence electrons. The minimum Gasteiger partial charge on any atom is -0.480 e. The molecule has 3 N–H and O–H groups in total. The van der Waals surface area contributed by atoms with Crippen LogP contribution >= 0.6 is 0 Å². The van der Waals surface area contributed by atoms with Crippen LogP contribution in [0.25, 0.3) is 0 Å². The van der Waals surface area contributed by atoms with E-state index in [4.69, 9.17) is 5.11 Å². The molecule has 0 aromatic carbocycles. The fraction of sp³-hybridized carbons (Fsp3) is 0.800. The van der Waals surface area contributed by atoms with Crippen molar-refractivity contribution in [2.75, 3.05) is 6.54 Å². The molecule has 6 nitrogen and oxygen atoms in total. The minimum atomic E-state index is -1.11. The molecular formula is C25H46N2O4. The first-order valence-corrected chi connectivity index (χ1v) is 12.4. The van der Waals surface area contributed by atoms with Crippen LogP contribution in [0.3, 0.4) is 0 Å². The lowest BCUT2D eigenvalue weighted by atomic mass is 10.1. The smallest absolute Gasteiger partial charge is 0.326 e. The van der Waals surface area contributed by atoms with Gasteiger partial charge in [0.15, 0.2) is 0 Å². The fourth-order valence-corrected chi connectivity index (χ4v) is 3.47. The summed E-state index contributed by atoms with van der Waals surface area (Å²) in [5.74, 6) is -1.68. The van der Waals surface area contributed by atoms with Gasteiger partial charge in [-0.2, -0.15) is 0 Å². The molecule has 0 bridgehead atoms. The lowest BCUT2D eigenvalue weighted by Crippen LogP contribution is -2.40. The van der Waals surface area contributed by atoms with E-state index in [0.29, 0.717) is 6.54 Å². The van der Waals surface area contributed by atoms with Crippen molar-refractivity contribution < 1.29 is 19.5 Å². The van der Waals surface area contributed by atoms with Crippen LogP contribution in [0.2, 0.25) is 0 Å². The molecule has 6 heteroatoms. The Morgan fingerprint density at radius 3 is 1.84 bits per heavy atom. The predicted octanol–water partition coefficient (Wildman–Crippen LogP) is 5.51. The van der Waals surface area contributed by atoms with Gasteiger partial charge in [-0.25, -0.2) is 4.79 Å². The lowest BCUT2D eigenvalue weighted by Gasteiger charge is -2.12. The number of carbonyl (C=O) groups is 3. The number of carboxylic acid groups (broad SMARTS) is 1. The first kappa shape index (κ1) is 29.1. The maximum absolute atomic E-state index is 11.8. The van der Waals surface area contributed by atoms with Crippen LogP contribution in [0, 0.1) is 0 Å². The van der Waals surface area contributed by atoms with Gasteiger partial charge in [0.05, 0.1) is 0 Å². The van der Waals surface area contributed by atoms with E-state index in [2.05, 4.69) is 29.7 Å². The van der Waals surface area contributed by atoms with Crippen molar-refractivity contribution in [3.8, 4) is 0 Å². The Kier molecular flexibility index (Phi) is 20.1. The number of aliphatic carboxylic acids is 1. The number of rotatable bonds is 21. The summed E-state index contributed by atoms with van der Waals surface area (Å²) in [6.45, 7) is 4.15. The quantitative estimate of drug-likeness (QED) is 0.163. The second kappa shape index (κ2) is 21.4. The highest BCUT2D eigenvalue weighted by Crippen LogP contribution is 2.09. The van der Waals surface area contributed by atoms with Gasteiger partial charge < -0.3 is 15.7 Å². The number of carboxylic acids is 1. The number of allylic oxidation sites excluding steroid dienone is 2. The second-order valence-electron chi connectivity index (χ2n) is 8.42. The Bertz CT molecular complexity index is 506. The summed E-state index contributed by atoms with van der Waals surface area (Å²) in [4.78, 5) is 33.8. The third-order valence-electron chi connectivity index (χ3n) is 5.35. The van der Waals surface area contributed by atoms with Crippen LogP contribution in [-0.4, -0.2) is 35.5 Å². The maximum Gasteiger partial charge on any atom is 0.326 e. The van der Waals surface area contributed by atoms with Crippen molar-refractivity contribution in [3.63, 3.8) is 0 Å². The lowest BCUT2D eigenvalue weighted by molar-refractivity contribution is -0.141. The van der Waals surface area contributed by atoms with E-state index >= 15 is 0 Å². The van der Waals surface area contributed by atoms with Gasteiger partial charge in [0.25, 0.3) is 0 Å². The number of carbonyl (C=O) groups excluding carboxylic acids is 2. The largest absolute Gasteiger partial charge is 0.480 e. The third-order valence-corrected chi connectivity index (χ3v) is 5.35. The third kappa shape index (κ3) is 21.2. The normalized spacial score (nSPS) is 12.1. The monoisotopic (exact) mass is 438 g/mol. The number of amides is 2. The van der Waals surface area contributed by atoms with E-state index in [1.165, 1.54) is 84.0 Å². The zero-order valence-corrected chi connectivity index (χ0v) is 19.9. The topological polar surface area (TPSA) is 95.5 Å². The molecule has 0 fully saturated rings. The first-order valence-electron chi connectivity index (χ1n) is 12.4. The molecule has 0 saturated heterocycles. The van der Waals surface area contributed by atoms with E-state index in [0.717, 1.165) is 12.8 Å². The van der Waals surface area contributed by atoms with E-state index < -0.39 is 17.9 Å². The molecule has 0 spiro atoms. The van der Waals surface area contributed by atoms with Crippen molar-refractivity contribution in [3.05, 3.63) is 12.2 Å². The van der Waals surface area contributed by atoms with Crippen LogP contribution in [0.4, 0.5) is 0 Å². The van der Waals surface area contributed by atoms with Gasteiger partial charge in [-0.05, 0) is 38.5 Å². The molecule has 2 amide bonds. The SMILES string of the molecule is CCCCCCCC/C=C\CCCCCCCCNC(=O)CCC(NC(C)=O)C(=O)O. The van der Waals surface area contributed by atoms with Gasteiger partial charge in [-0.15, -0.1) is 0 Å². The molecule has 0 aromatic rings. The summed E-state index contributed by atoms with van der Waals surface area (Å²) >= 11 is 0. The molecule has 1 atom stereocenters. The van der Waals surface area contributed by atoms with Gasteiger partial charge in [0.2, 0.25) is 11.8 Å².